The zero-order chi connectivity index (χ0) is 14.8. The van der Waals surface area contributed by atoms with Crippen LogP contribution < -0.4 is 4.74 Å². The predicted molar refractivity (Wildman–Crippen MR) is 74.7 cm³/mol. The molecule has 0 aromatic carbocycles. The van der Waals surface area contributed by atoms with Crippen LogP contribution in [0.15, 0.2) is 42.7 Å². The van der Waals surface area contributed by atoms with Crippen molar-refractivity contribution in [3.05, 3.63) is 48.4 Å². The standard InChI is InChI=1S/C14H12N4O3/c1-21-13-5-4-9(8-16-13)18-12(10-3-2-6-15-10)7-11(17-18)14(19)20/h2-8,15H,1H3,(H,19,20). The molecule has 0 spiro atoms. The maximum absolute atomic E-state index is 11.1. The van der Waals surface area contributed by atoms with E-state index in [-0.39, 0.29) is 5.69 Å². The smallest absolute Gasteiger partial charge is 0.356 e. The number of pyridine rings is 1. The van der Waals surface area contributed by atoms with Crippen molar-refractivity contribution in [2.45, 2.75) is 0 Å². The lowest BCUT2D eigenvalue weighted by Gasteiger charge is -2.06. The molecule has 2 N–H and O–H groups in total. The van der Waals surface area contributed by atoms with Crippen LogP contribution in [0, 0.1) is 0 Å². The first-order valence-corrected chi connectivity index (χ1v) is 6.16. The molecule has 0 bridgehead atoms. The van der Waals surface area contributed by atoms with E-state index in [1.165, 1.54) is 17.9 Å². The molecule has 7 nitrogen and oxygen atoms in total. The Morgan fingerprint density at radius 3 is 2.81 bits per heavy atom. The Kier molecular flexibility index (Phi) is 3.15. The fourth-order valence-corrected chi connectivity index (χ4v) is 1.98. The SMILES string of the molecule is COc1ccc(-n2nc(C(=O)O)cc2-c2ccc[nH]2)cn1. The van der Waals surface area contributed by atoms with Gasteiger partial charge in [0.2, 0.25) is 5.88 Å². The lowest BCUT2D eigenvalue weighted by atomic mass is 10.2. The predicted octanol–water partition coefficient (Wildman–Crippen LogP) is 1.97. The summed E-state index contributed by atoms with van der Waals surface area (Å²) in [7, 11) is 1.53. The highest BCUT2D eigenvalue weighted by Gasteiger charge is 2.16. The Morgan fingerprint density at radius 1 is 1.38 bits per heavy atom. The Morgan fingerprint density at radius 2 is 2.24 bits per heavy atom. The second-order valence-electron chi connectivity index (χ2n) is 4.27. The molecule has 0 amide bonds. The zero-order valence-electron chi connectivity index (χ0n) is 11.1. The summed E-state index contributed by atoms with van der Waals surface area (Å²) in [6.07, 6.45) is 3.34. The van der Waals surface area contributed by atoms with Gasteiger partial charge in [-0.05, 0) is 18.2 Å². The topological polar surface area (TPSA) is 93.0 Å². The number of aromatic nitrogens is 4. The van der Waals surface area contributed by atoms with Gasteiger partial charge in [0, 0.05) is 18.3 Å². The van der Waals surface area contributed by atoms with Crippen LogP contribution in [-0.4, -0.2) is 37.9 Å². The zero-order valence-corrected chi connectivity index (χ0v) is 11.1. The van der Waals surface area contributed by atoms with Crippen LogP contribution in [-0.2, 0) is 0 Å². The van der Waals surface area contributed by atoms with Crippen molar-refractivity contribution in [2.24, 2.45) is 0 Å². The van der Waals surface area contributed by atoms with Gasteiger partial charge >= 0.3 is 5.97 Å². The average molecular weight is 284 g/mol. The summed E-state index contributed by atoms with van der Waals surface area (Å²) in [5.74, 6) is -0.603. The second-order valence-corrected chi connectivity index (χ2v) is 4.27. The van der Waals surface area contributed by atoms with Crippen molar-refractivity contribution in [1.29, 1.82) is 0 Å². The van der Waals surface area contributed by atoms with Crippen LogP contribution in [0.3, 0.4) is 0 Å². The molecule has 0 radical (unpaired) electrons. The molecule has 7 heteroatoms. The van der Waals surface area contributed by atoms with Gasteiger partial charge in [-0.25, -0.2) is 14.5 Å². The van der Waals surface area contributed by atoms with E-state index in [9.17, 15) is 4.79 Å². The van der Waals surface area contributed by atoms with Gasteiger partial charge in [-0.1, -0.05) is 0 Å². The number of hydrogen-bond acceptors (Lipinski definition) is 4. The summed E-state index contributed by atoms with van der Waals surface area (Å²) in [5, 5.41) is 13.2. The molecule has 3 rings (SSSR count). The van der Waals surface area contributed by atoms with Gasteiger partial charge in [-0.15, -0.1) is 0 Å². The molecule has 0 saturated heterocycles. The molecule has 0 aliphatic heterocycles. The molecule has 3 aromatic heterocycles. The summed E-state index contributed by atoms with van der Waals surface area (Å²) in [5.41, 5.74) is 2.03. The number of H-pyrrole nitrogens is 1. The van der Waals surface area contributed by atoms with E-state index in [1.807, 2.05) is 12.1 Å². The Hall–Kier alpha value is -3.09. The fraction of sp³-hybridized carbons (Fsp3) is 0.0714. The quantitative estimate of drug-likeness (QED) is 0.764. The molecule has 0 unspecified atom stereocenters. The number of ether oxygens (including phenoxy) is 1. The van der Waals surface area contributed by atoms with E-state index < -0.39 is 5.97 Å². The van der Waals surface area contributed by atoms with Crippen molar-refractivity contribution in [3.63, 3.8) is 0 Å². The van der Waals surface area contributed by atoms with Crippen LogP contribution in [0.25, 0.3) is 17.1 Å². The fourth-order valence-electron chi connectivity index (χ4n) is 1.98. The van der Waals surface area contributed by atoms with Gasteiger partial charge in [0.25, 0.3) is 0 Å². The minimum Gasteiger partial charge on any atom is -0.481 e. The third kappa shape index (κ3) is 2.36. The van der Waals surface area contributed by atoms with E-state index in [4.69, 9.17) is 9.84 Å². The summed E-state index contributed by atoms with van der Waals surface area (Å²) in [4.78, 5) is 18.3. The number of carboxylic acids is 1. The lowest BCUT2D eigenvalue weighted by molar-refractivity contribution is 0.0690. The van der Waals surface area contributed by atoms with E-state index >= 15 is 0 Å². The average Bonchev–Trinajstić information content (AvgIpc) is 3.16. The van der Waals surface area contributed by atoms with Gasteiger partial charge < -0.3 is 14.8 Å². The molecule has 0 atom stereocenters. The van der Waals surface area contributed by atoms with Crippen molar-refractivity contribution >= 4 is 5.97 Å². The molecule has 0 fully saturated rings. The van der Waals surface area contributed by atoms with Crippen molar-refractivity contribution in [3.8, 4) is 23.0 Å². The normalized spacial score (nSPS) is 10.5. The van der Waals surface area contributed by atoms with Crippen LogP contribution in [0.4, 0.5) is 0 Å². The van der Waals surface area contributed by atoms with Crippen molar-refractivity contribution in [2.75, 3.05) is 7.11 Å². The number of hydrogen-bond donors (Lipinski definition) is 2. The lowest BCUT2D eigenvalue weighted by Crippen LogP contribution is -2.03. The maximum atomic E-state index is 11.1. The molecule has 0 aliphatic rings. The van der Waals surface area contributed by atoms with Gasteiger partial charge in [0.15, 0.2) is 5.69 Å². The molecule has 3 aromatic rings. The highest BCUT2D eigenvalue weighted by molar-refractivity contribution is 5.87. The van der Waals surface area contributed by atoms with Gasteiger partial charge in [0.05, 0.1) is 30.4 Å². The number of nitrogens with zero attached hydrogens (tertiary/aromatic N) is 3. The first-order chi connectivity index (χ1) is 10.2. The minimum atomic E-state index is -1.08. The Balaban J connectivity index is 2.13. The Bertz CT molecular complexity index is 760. The van der Waals surface area contributed by atoms with Crippen LogP contribution in [0.5, 0.6) is 5.88 Å². The van der Waals surface area contributed by atoms with Crippen molar-refractivity contribution in [1.82, 2.24) is 19.7 Å². The number of carboxylic acid groups (broad SMARTS) is 1. The monoisotopic (exact) mass is 284 g/mol. The summed E-state index contributed by atoms with van der Waals surface area (Å²) in [6.45, 7) is 0. The highest BCUT2D eigenvalue weighted by Crippen LogP contribution is 2.23. The second kappa shape index (κ2) is 5.12. The number of aromatic amines is 1. The number of methoxy groups -OCH3 is 1. The van der Waals surface area contributed by atoms with Gasteiger partial charge in [0.1, 0.15) is 0 Å². The third-order valence-corrected chi connectivity index (χ3v) is 2.98. The van der Waals surface area contributed by atoms with E-state index in [2.05, 4.69) is 15.1 Å². The molecular weight excluding hydrogens is 272 g/mol. The summed E-state index contributed by atoms with van der Waals surface area (Å²) in [6, 6.07) is 8.64. The van der Waals surface area contributed by atoms with Crippen LogP contribution in [0.2, 0.25) is 0 Å². The highest BCUT2D eigenvalue weighted by atomic mass is 16.5. The van der Waals surface area contributed by atoms with E-state index in [0.29, 0.717) is 17.3 Å². The van der Waals surface area contributed by atoms with Crippen LogP contribution in [0.1, 0.15) is 10.5 Å². The first-order valence-electron chi connectivity index (χ1n) is 6.16. The Labute approximate surface area is 119 Å². The molecule has 0 aliphatic carbocycles. The number of aromatic carboxylic acids is 1. The minimum absolute atomic E-state index is 0.0320. The van der Waals surface area contributed by atoms with Gasteiger partial charge in [-0.2, -0.15) is 5.10 Å². The molecule has 21 heavy (non-hydrogen) atoms. The summed E-state index contributed by atoms with van der Waals surface area (Å²) < 4.78 is 6.54. The van der Waals surface area contributed by atoms with Crippen LogP contribution >= 0.6 is 0 Å². The first kappa shape index (κ1) is 12.9. The third-order valence-electron chi connectivity index (χ3n) is 2.98. The maximum Gasteiger partial charge on any atom is 0.356 e. The number of nitrogens with one attached hydrogen (secondary N) is 1. The number of rotatable bonds is 4. The molecular formula is C14H12N4O3. The van der Waals surface area contributed by atoms with Crippen molar-refractivity contribution < 1.29 is 14.6 Å². The molecule has 3 heterocycles. The molecule has 0 saturated carbocycles. The van der Waals surface area contributed by atoms with E-state index in [0.717, 1.165) is 5.69 Å². The van der Waals surface area contributed by atoms with Gasteiger partial charge in [-0.3, -0.25) is 0 Å². The molecule has 106 valence electrons. The van der Waals surface area contributed by atoms with E-state index in [1.54, 1.807) is 24.5 Å². The number of carbonyl (C=O) groups is 1. The largest absolute Gasteiger partial charge is 0.481 e. The summed E-state index contributed by atoms with van der Waals surface area (Å²) >= 11 is 0.